The van der Waals surface area contributed by atoms with E-state index < -0.39 is 0 Å². The van der Waals surface area contributed by atoms with Gasteiger partial charge >= 0.3 is 0 Å². The molecule has 5 heteroatoms. The minimum absolute atomic E-state index is 0.0000841. The van der Waals surface area contributed by atoms with E-state index in [4.69, 9.17) is 0 Å². The number of fused-ring (bicyclic) bond motifs is 2. The van der Waals surface area contributed by atoms with Gasteiger partial charge < -0.3 is 14.9 Å². The zero-order chi connectivity index (χ0) is 17.4. The SMILES string of the molecule is Cc1[nH]c2ccccc2c1CC(=O)NCc1nc2ccccc2n1C. The summed E-state index contributed by atoms with van der Waals surface area (Å²) < 4.78 is 2.02. The van der Waals surface area contributed by atoms with Gasteiger partial charge in [-0.15, -0.1) is 0 Å². The van der Waals surface area contributed by atoms with Gasteiger partial charge in [0.25, 0.3) is 0 Å². The summed E-state index contributed by atoms with van der Waals surface area (Å²) in [7, 11) is 1.97. The summed E-state index contributed by atoms with van der Waals surface area (Å²) in [4.78, 5) is 20.4. The highest BCUT2D eigenvalue weighted by atomic mass is 16.1. The Morgan fingerprint density at radius 1 is 1.16 bits per heavy atom. The molecule has 0 radical (unpaired) electrons. The quantitative estimate of drug-likeness (QED) is 0.603. The Kier molecular flexibility index (Phi) is 3.76. The Morgan fingerprint density at radius 3 is 2.76 bits per heavy atom. The number of carbonyl (C=O) groups is 1. The first kappa shape index (κ1) is 15.4. The van der Waals surface area contributed by atoms with Crippen LogP contribution in [-0.4, -0.2) is 20.4 Å². The fourth-order valence-electron chi connectivity index (χ4n) is 3.32. The van der Waals surface area contributed by atoms with Crippen molar-refractivity contribution < 1.29 is 4.79 Å². The lowest BCUT2D eigenvalue weighted by atomic mass is 10.1. The number of para-hydroxylation sites is 3. The number of nitrogens with one attached hydrogen (secondary N) is 2. The maximum absolute atomic E-state index is 12.4. The molecule has 2 heterocycles. The highest BCUT2D eigenvalue weighted by Crippen LogP contribution is 2.22. The molecule has 0 unspecified atom stereocenters. The van der Waals surface area contributed by atoms with Crippen LogP contribution in [0.2, 0.25) is 0 Å². The van der Waals surface area contributed by atoms with Gasteiger partial charge in [-0.2, -0.15) is 0 Å². The molecular weight excluding hydrogens is 312 g/mol. The second-order valence-electron chi connectivity index (χ2n) is 6.30. The Morgan fingerprint density at radius 2 is 1.92 bits per heavy atom. The van der Waals surface area contributed by atoms with Crippen molar-refractivity contribution in [2.24, 2.45) is 7.05 Å². The lowest BCUT2D eigenvalue weighted by Gasteiger charge is -2.06. The molecule has 0 spiro atoms. The van der Waals surface area contributed by atoms with Crippen LogP contribution in [0.1, 0.15) is 17.1 Å². The number of imidazole rings is 1. The maximum atomic E-state index is 12.4. The van der Waals surface area contributed by atoms with Gasteiger partial charge in [0.05, 0.1) is 24.0 Å². The molecule has 25 heavy (non-hydrogen) atoms. The zero-order valence-corrected chi connectivity index (χ0v) is 14.3. The second-order valence-corrected chi connectivity index (χ2v) is 6.30. The second kappa shape index (κ2) is 6.09. The number of H-pyrrole nitrogens is 1. The van der Waals surface area contributed by atoms with Crippen molar-refractivity contribution in [3.05, 3.63) is 65.6 Å². The van der Waals surface area contributed by atoms with Crippen molar-refractivity contribution in [2.75, 3.05) is 0 Å². The van der Waals surface area contributed by atoms with Crippen LogP contribution in [0.15, 0.2) is 48.5 Å². The molecule has 126 valence electrons. The van der Waals surface area contributed by atoms with Crippen molar-refractivity contribution in [2.45, 2.75) is 19.9 Å². The van der Waals surface area contributed by atoms with Crippen LogP contribution >= 0.6 is 0 Å². The number of hydrogen-bond acceptors (Lipinski definition) is 2. The van der Waals surface area contributed by atoms with Gasteiger partial charge in [-0.3, -0.25) is 4.79 Å². The average molecular weight is 332 g/mol. The van der Waals surface area contributed by atoms with Gasteiger partial charge in [-0.25, -0.2) is 4.98 Å². The Bertz CT molecular complexity index is 1070. The summed E-state index contributed by atoms with van der Waals surface area (Å²) in [5.74, 6) is 0.852. The summed E-state index contributed by atoms with van der Waals surface area (Å²) >= 11 is 0. The highest BCUT2D eigenvalue weighted by Gasteiger charge is 2.13. The predicted octanol–water partition coefficient (Wildman–Crippen LogP) is 3.22. The number of rotatable bonds is 4. The standard InChI is InChI=1S/C20H20N4O/c1-13-15(14-7-3-4-8-16(14)22-13)11-20(25)21-12-19-23-17-9-5-6-10-18(17)24(19)2/h3-10,22H,11-12H2,1-2H3,(H,21,25). The maximum Gasteiger partial charge on any atom is 0.224 e. The minimum atomic E-state index is -0.0000841. The molecule has 2 aromatic heterocycles. The number of aryl methyl sites for hydroxylation is 2. The van der Waals surface area contributed by atoms with Crippen LogP contribution in [0, 0.1) is 6.92 Å². The van der Waals surface area contributed by atoms with Gasteiger partial charge in [0.1, 0.15) is 5.82 Å². The zero-order valence-electron chi connectivity index (χ0n) is 14.3. The Balaban J connectivity index is 1.50. The largest absolute Gasteiger partial charge is 0.358 e. The van der Waals surface area contributed by atoms with Crippen LogP contribution in [-0.2, 0) is 24.8 Å². The van der Waals surface area contributed by atoms with Crippen LogP contribution in [0.3, 0.4) is 0 Å². The van der Waals surface area contributed by atoms with E-state index >= 15 is 0 Å². The number of hydrogen-bond donors (Lipinski definition) is 2. The number of carbonyl (C=O) groups excluding carboxylic acids is 1. The van der Waals surface area contributed by atoms with Gasteiger partial charge in [0.2, 0.25) is 5.91 Å². The molecular formula is C20H20N4O. The Hall–Kier alpha value is -3.08. The molecule has 0 bridgehead atoms. The smallest absolute Gasteiger partial charge is 0.224 e. The molecule has 0 saturated carbocycles. The summed E-state index contributed by atoms with van der Waals surface area (Å²) in [6, 6.07) is 16.0. The number of benzene rings is 2. The molecule has 5 nitrogen and oxygen atoms in total. The van der Waals surface area contributed by atoms with Crippen molar-refractivity contribution >= 4 is 27.8 Å². The third kappa shape index (κ3) is 2.78. The van der Waals surface area contributed by atoms with E-state index in [1.165, 1.54) is 0 Å². The molecule has 0 fully saturated rings. The predicted molar refractivity (Wildman–Crippen MR) is 99.3 cm³/mol. The molecule has 0 saturated heterocycles. The van der Waals surface area contributed by atoms with Crippen molar-refractivity contribution in [3.8, 4) is 0 Å². The fourth-order valence-corrected chi connectivity index (χ4v) is 3.32. The fraction of sp³-hybridized carbons (Fsp3) is 0.200. The summed E-state index contributed by atoms with van der Waals surface area (Å²) in [5, 5.41) is 4.10. The van der Waals surface area contributed by atoms with Crippen LogP contribution in [0.5, 0.6) is 0 Å². The molecule has 0 aliphatic rings. The van der Waals surface area contributed by atoms with Crippen molar-refractivity contribution in [1.82, 2.24) is 19.9 Å². The first-order chi connectivity index (χ1) is 12.1. The van der Waals surface area contributed by atoms with E-state index in [1.807, 2.05) is 67.1 Å². The van der Waals surface area contributed by atoms with Crippen LogP contribution in [0.25, 0.3) is 21.9 Å². The van der Waals surface area contributed by atoms with Gasteiger partial charge in [0.15, 0.2) is 0 Å². The van der Waals surface area contributed by atoms with E-state index in [1.54, 1.807) is 0 Å². The number of nitrogens with zero attached hydrogens (tertiary/aromatic N) is 2. The molecule has 2 N–H and O–H groups in total. The lowest BCUT2D eigenvalue weighted by Crippen LogP contribution is -2.26. The van der Waals surface area contributed by atoms with E-state index in [0.717, 1.165) is 39.0 Å². The van der Waals surface area contributed by atoms with Crippen molar-refractivity contribution in [3.63, 3.8) is 0 Å². The summed E-state index contributed by atoms with van der Waals surface area (Å²) in [6.07, 6.45) is 0.361. The van der Waals surface area contributed by atoms with Gasteiger partial charge in [-0.05, 0) is 30.7 Å². The van der Waals surface area contributed by atoms with E-state index in [0.29, 0.717) is 13.0 Å². The summed E-state index contributed by atoms with van der Waals surface area (Å²) in [6.45, 7) is 2.43. The minimum Gasteiger partial charge on any atom is -0.358 e. The third-order valence-corrected chi connectivity index (χ3v) is 4.69. The van der Waals surface area contributed by atoms with Gasteiger partial charge in [0, 0.05) is 23.6 Å². The van der Waals surface area contributed by atoms with Gasteiger partial charge in [-0.1, -0.05) is 30.3 Å². The van der Waals surface area contributed by atoms with Crippen LogP contribution in [0.4, 0.5) is 0 Å². The van der Waals surface area contributed by atoms with E-state index in [-0.39, 0.29) is 5.91 Å². The van der Waals surface area contributed by atoms with E-state index in [2.05, 4.69) is 15.3 Å². The third-order valence-electron chi connectivity index (χ3n) is 4.69. The average Bonchev–Trinajstić information content (AvgIpc) is 3.11. The molecule has 1 amide bonds. The number of amides is 1. The number of aromatic nitrogens is 3. The molecule has 4 aromatic rings. The van der Waals surface area contributed by atoms with Crippen molar-refractivity contribution in [1.29, 1.82) is 0 Å². The normalized spacial score (nSPS) is 11.3. The monoisotopic (exact) mass is 332 g/mol. The molecule has 2 aromatic carbocycles. The molecule has 0 aliphatic carbocycles. The molecule has 4 rings (SSSR count). The molecule has 0 atom stereocenters. The topological polar surface area (TPSA) is 62.7 Å². The lowest BCUT2D eigenvalue weighted by molar-refractivity contribution is -0.120. The highest BCUT2D eigenvalue weighted by molar-refractivity contribution is 5.90. The van der Waals surface area contributed by atoms with Crippen LogP contribution < -0.4 is 5.32 Å². The molecule has 0 aliphatic heterocycles. The van der Waals surface area contributed by atoms with E-state index in [9.17, 15) is 4.79 Å². The Labute approximate surface area is 145 Å². The number of aromatic amines is 1. The first-order valence-corrected chi connectivity index (χ1v) is 8.36. The summed E-state index contributed by atoms with van der Waals surface area (Å²) in [5.41, 5.74) is 5.18. The first-order valence-electron chi connectivity index (χ1n) is 8.36.